The third-order valence-electron chi connectivity index (χ3n) is 2.08. The van der Waals surface area contributed by atoms with Gasteiger partial charge in [0.15, 0.2) is 0 Å². The van der Waals surface area contributed by atoms with Gasteiger partial charge in [0.05, 0.1) is 18.6 Å². The molecular formula is C11H13NO5. The van der Waals surface area contributed by atoms with Crippen molar-refractivity contribution in [1.82, 2.24) is 0 Å². The number of hydrogen-bond acceptors (Lipinski definition) is 5. The van der Waals surface area contributed by atoms with Gasteiger partial charge in [-0.15, -0.1) is 0 Å². The molecule has 0 unspecified atom stereocenters. The monoisotopic (exact) mass is 239 g/mol. The number of hydrogen-bond donors (Lipinski definition) is 0. The molecule has 92 valence electrons. The van der Waals surface area contributed by atoms with Crippen molar-refractivity contribution in [1.29, 1.82) is 0 Å². The van der Waals surface area contributed by atoms with Crippen molar-refractivity contribution in [2.45, 2.75) is 13.3 Å². The van der Waals surface area contributed by atoms with Crippen LogP contribution in [0.2, 0.25) is 0 Å². The SMILES string of the molecule is COc1ccc([N+](=O)[O-])c(OCCC(C)=O)c1. The van der Waals surface area contributed by atoms with E-state index in [2.05, 4.69) is 0 Å². The fraction of sp³-hybridized carbons (Fsp3) is 0.364. The molecule has 0 fully saturated rings. The number of Topliss-reactive ketones (excluding diaryl/α,β-unsaturated/α-hetero) is 1. The number of ketones is 1. The summed E-state index contributed by atoms with van der Waals surface area (Å²) in [5.74, 6) is 0.541. The molecule has 0 bridgehead atoms. The van der Waals surface area contributed by atoms with Gasteiger partial charge in [-0.1, -0.05) is 0 Å². The molecule has 0 aromatic heterocycles. The minimum atomic E-state index is -0.539. The Hall–Kier alpha value is -2.11. The van der Waals surface area contributed by atoms with Crippen LogP contribution in [0.1, 0.15) is 13.3 Å². The Morgan fingerprint density at radius 1 is 1.47 bits per heavy atom. The minimum absolute atomic E-state index is 0.0319. The van der Waals surface area contributed by atoms with E-state index in [1.54, 1.807) is 0 Å². The lowest BCUT2D eigenvalue weighted by molar-refractivity contribution is -0.385. The molecule has 6 nitrogen and oxygen atoms in total. The second-order valence-electron chi connectivity index (χ2n) is 3.39. The number of benzene rings is 1. The van der Waals surface area contributed by atoms with Crippen LogP contribution in [0.3, 0.4) is 0 Å². The van der Waals surface area contributed by atoms with Crippen LogP contribution in [0.25, 0.3) is 0 Å². The predicted molar refractivity (Wildman–Crippen MR) is 60.4 cm³/mol. The van der Waals surface area contributed by atoms with Gasteiger partial charge in [-0.2, -0.15) is 0 Å². The standard InChI is InChI=1S/C11H13NO5/c1-8(13)5-6-17-11-7-9(16-2)3-4-10(11)12(14)15/h3-4,7H,5-6H2,1-2H3. The first-order chi connectivity index (χ1) is 8.04. The molecule has 0 atom stereocenters. The number of nitro benzene ring substituents is 1. The van der Waals surface area contributed by atoms with E-state index in [4.69, 9.17) is 9.47 Å². The molecule has 0 aliphatic heterocycles. The van der Waals surface area contributed by atoms with E-state index in [0.717, 1.165) is 0 Å². The van der Waals surface area contributed by atoms with Crippen LogP contribution in [0, 0.1) is 10.1 Å². The van der Waals surface area contributed by atoms with Crippen LogP contribution in [0.5, 0.6) is 11.5 Å². The number of nitro groups is 1. The largest absolute Gasteiger partial charge is 0.497 e. The number of carbonyl (C=O) groups excluding carboxylic acids is 1. The molecule has 17 heavy (non-hydrogen) atoms. The zero-order valence-electron chi connectivity index (χ0n) is 9.63. The molecule has 1 rings (SSSR count). The lowest BCUT2D eigenvalue weighted by atomic mass is 10.2. The van der Waals surface area contributed by atoms with Crippen LogP contribution in [0.15, 0.2) is 18.2 Å². The fourth-order valence-corrected chi connectivity index (χ4v) is 1.19. The smallest absolute Gasteiger partial charge is 0.311 e. The maximum absolute atomic E-state index is 10.7. The quantitative estimate of drug-likeness (QED) is 0.560. The lowest BCUT2D eigenvalue weighted by Gasteiger charge is -2.07. The first-order valence-corrected chi connectivity index (χ1v) is 4.99. The molecule has 0 spiro atoms. The Labute approximate surface area is 98.3 Å². The van der Waals surface area contributed by atoms with Gasteiger partial charge in [-0.3, -0.25) is 14.9 Å². The van der Waals surface area contributed by atoms with E-state index >= 15 is 0 Å². The molecule has 1 aromatic carbocycles. The third-order valence-corrected chi connectivity index (χ3v) is 2.08. The molecule has 0 N–H and O–H groups in total. The van der Waals surface area contributed by atoms with Crippen molar-refractivity contribution in [2.24, 2.45) is 0 Å². The summed E-state index contributed by atoms with van der Waals surface area (Å²) in [6.45, 7) is 1.55. The minimum Gasteiger partial charge on any atom is -0.497 e. The van der Waals surface area contributed by atoms with E-state index in [0.29, 0.717) is 5.75 Å². The van der Waals surface area contributed by atoms with Gasteiger partial charge < -0.3 is 9.47 Å². The Morgan fingerprint density at radius 3 is 2.71 bits per heavy atom. The zero-order chi connectivity index (χ0) is 12.8. The van der Waals surface area contributed by atoms with Crippen LogP contribution in [-0.2, 0) is 4.79 Å². The highest BCUT2D eigenvalue weighted by Crippen LogP contribution is 2.31. The zero-order valence-corrected chi connectivity index (χ0v) is 9.63. The molecule has 0 heterocycles. The Morgan fingerprint density at radius 2 is 2.18 bits per heavy atom. The summed E-state index contributed by atoms with van der Waals surface area (Å²) in [5, 5.41) is 10.7. The summed E-state index contributed by atoms with van der Waals surface area (Å²) >= 11 is 0. The molecule has 0 amide bonds. The number of nitrogens with zero attached hydrogens (tertiary/aromatic N) is 1. The number of carbonyl (C=O) groups is 1. The molecule has 0 aliphatic carbocycles. The number of rotatable bonds is 6. The molecule has 0 saturated heterocycles. The van der Waals surface area contributed by atoms with Crippen molar-refractivity contribution in [3.63, 3.8) is 0 Å². The predicted octanol–water partition coefficient (Wildman–Crippen LogP) is 1.96. The summed E-state index contributed by atoms with van der Waals surface area (Å²) < 4.78 is 10.2. The van der Waals surface area contributed by atoms with Crippen molar-refractivity contribution in [3.05, 3.63) is 28.3 Å². The molecule has 6 heteroatoms. The maximum Gasteiger partial charge on any atom is 0.311 e. The normalized spacial score (nSPS) is 9.76. The molecule has 0 radical (unpaired) electrons. The van der Waals surface area contributed by atoms with Gasteiger partial charge in [0.2, 0.25) is 5.75 Å². The second kappa shape index (κ2) is 5.83. The summed E-state index contributed by atoms with van der Waals surface area (Å²) in [7, 11) is 1.46. The third kappa shape index (κ3) is 3.75. The maximum atomic E-state index is 10.7. The summed E-state index contributed by atoms with van der Waals surface area (Å²) in [6.07, 6.45) is 0.217. The summed E-state index contributed by atoms with van der Waals surface area (Å²) in [4.78, 5) is 20.9. The highest BCUT2D eigenvalue weighted by molar-refractivity contribution is 5.75. The van der Waals surface area contributed by atoms with Crippen LogP contribution < -0.4 is 9.47 Å². The average Bonchev–Trinajstić information content (AvgIpc) is 2.28. The van der Waals surface area contributed by atoms with Gasteiger partial charge in [0, 0.05) is 18.6 Å². The van der Waals surface area contributed by atoms with E-state index < -0.39 is 4.92 Å². The number of methoxy groups -OCH3 is 1. The average molecular weight is 239 g/mol. The van der Waals surface area contributed by atoms with E-state index in [9.17, 15) is 14.9 Å². The van der Waals surface area contributed by atoms with Gasteiger partial charge in [0.25, 0.3) is 0 Å². The second-order valence-corrected chi connectivity index (χ2v) is 3.39. The highest BCUT2D eigenvalue weighted by atomic mass is 16.6. The summed E-state index contributed by atoms with van der Waals surface area (Å²) in [5.41, 5.74) is -0.144. The van der Waals surface area contributed by atoms with E-state index in [1.807, 2.05) is 0 Å². The topological polar surface area (TPSA) is 78.7 Å². The Balaban J connectivity index is 2.85. The van der Waals surface area contributed by atoms with E-state index in [1.165, 1.54) is 32.2 Å². The van der Waals surface area contributed by atoms with Gasteiger partial charge >= 0.3 is 5.69 Å². The van der Waals surface area contributed by atoms with Gasteiger partial charge in [-0.05, 0) is 13.0 Å². The highest BCUT2D eigenvalue weighted by Gasteiger charge is 2.16. The first-order valence-electron chi connectivity index (χ1n) is 4.99. The van der Waals surface area contributed by atoms with Crippen LogP contribution >= 0.6 is 0 Å². The molecule has 1 aromatic rings. The fourth-order valence-electron chi connectivity index (χ4n) is 1.19. The number of ether oxygens (including phenoxy) is 2. The molecule has 0 saturated carbocycles. The van der Waals surface area contributed by atoms with Gasteiger partial charge in [0.1, 0.15) is 11.5 Å². The Kier molecular flexibility index (Phi) is 4.45. The van der Waals surface area contributed by atoms with Crippen molar-refractivity contribution in [2.75, 3.05) is 13.7 Å². The van der Waals surface area contributed by atoms with Crippen LogP contribution in [-0.4, -0.2) is 24.4 Å². The lowest BCUT2D eigenvalue weighted by Crippen LogP contribution is -2.04. The van der Waals surface area contributed by atoms with E-state index in [-0.39, 0.29) is 30.2 Å². The van der Waals surface area contributed by atoms with Crippen molar-refractivity contribution >= 4 is 11.5 Å². The summed E-state index contributed by atoms with van der Waals surface area (Å²) in [6, 6.07) is 4.22. The molecular weight excluding hydrogens is 226 g/mol. The van der Waals surface area contributed by atoms with Crippen LogP contribution in [0.4, 0.5) is 5.69 Å². The Bertz CT molecular complexity index is 430. The van der Waals surface area contributed by atoms with Crippen molar-refractivity contribution < 1.29 is 19.2 Å². The molecule has 0 aliphatic rings. The van der Waals surface area contributed by atoms with Crippen molar-refractivity contribution in [3.8, 4) is 11.5 Å². The first kappa shape index (κ1) is 13.0. The van der Waals surface area contributed by atoms with Gasteiger partial charge in [-0.25, -0.2) is 0 Å².